The molecule has 0 aliphatic heterocycles. The van der Waals surface area contributed by atoms with Crippen LogP contribution in [-0.4, -0.2) is 35.2 Å². The molecule has 0 bridgehead atoms. The third-order valence-corrected chi connectivity index (χ3v) is 1.39. The zero-order valence-electron chi connectivity index (χ0n) is 10.6. The summed E-state index contributed by atoms with van der Waals surface area (Å²) in [4.78, 5) is 20.9. The average Bonchev–Trinajstić information content (AvgIpc) is 2.31. The largest absolute Gasteiger partial charge is 0.478 e. The molecule has 0 heterocycles. The average molecular weight is 256 g/mol. The van der Waals surface area contributed by atoms with Crippen LogP contribution >= 0.6 is 0 Å². The monoisotopic (exact) mass is 256 g/mol. The predicted octanol–water partition coefficient (Wildman–Crippen LogP) is 1.01. The maximum absolute atomic E-state index is 10.5. The summed E-state index contributed by atoms with van der Waals surface area (Å²) in [5.74, 6) is -2.46. The van der Waals surface area contributed by atoms with Crippen LogP contribution in [0.5, 0.6) is 0 Å². The number of carbonyl (C=O) groups is 2. The van der Waals surface area contributed by atoms with Gasteiger partial charge in [-0.3, -0.25) is 0 Å². The zero-order valence-corrected chi connectivity index (χ0v) is 10.6. The fourth-order valence-electron chi connectivity index (χ4n) is 0.856. The van der Waals surface area contributed by atoms with Gasteiger partial charge in [-0.2, -0.15) is 0 Å². The van der Waals surface area contributed by atoms with Crippen LogP contribution < -0.4 is 11.5 Å². The minimum absolute atomic E-state index is 0.190. The van der Waals surface area contributed by atoms with Gasteiger partial charge in [0.1, 0.15) is 0 Å². The van der Waals surface area contributed by atoms with E-state index in [-0.39, 0.29) is 11.1 Å². The van der Waals surface area contributed by atoms with Gasteiger partial charge in [-0.05, 0) is 25.2 Å². The summed E-state index contributed by atoms with van der Waals surface area (Å²) in [6.45, 7) is 5.31. The second kappa shape index (κ2) is 11.6. The van der Waals surface area contributed by atoms with Crippen LogP contribution in [0.3, 0.4) is 0 Å². The quantitative estimate of drug-likeness (QED) is 0.625. The highest BCUT2D eigenvalue weighted by atomic mass is 16.4. The van der Waals surface area contributed by atoms with E-state index in [2.05, 4.69) is 0 Å². The Bertz CT molecular complexity index is 332. The first-order valence-corrected chi connectivity index (χ1v) is 5.41. The third kappa shape index (κ3) is 8.26. The molecule has 0 saturated carbocycles. The van der Waals surface area contributed by atoms with Crippen molar-refractivity contribution in [1.82, 2.24) is 0 Å². The van der Waals surface area contributed by atoms with E-state index in [1.165, 1.54) is 24.3 Å². The number of rotatable bonds is 2. The Balaban J connectivity index is 0. The number of carboxylic acid groups (broad SMARTS) is 2. The van der Waals surface area contributed by atoms with Crippen molar-refractivity contribution in [2.24, 2.45) is 11.5 Å². The van der Waals surface area contributed by atoms with Gasteiger partial charge in [0, 0.05) is 0 Å². The number of carboxylic acids is 2. The molecule has 1 aromatic carbocycles. The lowest BCUT2D eigenvalue weighted by Crippen LogP contribution is -2.06. The smallest absolute Gasteiger partial charge is 0.336 e. The summed E-state index contributed by atoms with van der Waals surface area (Å²) in [7, 11) is 0. The molecule has 6 N–H and O–H groups in total. The lowest BCUT2D eigenvalue weighted by molar-refractivity contribution is 0.0651. The first-order chi connectivity index (χ1) is 8.45. The normalized spacial score (nSPS) is 8.22. The fraction of sp³-hybridized carbons (Fsp3) is 0.333. The summed E-state index contributed by atoms with van der Waals surface area (Å²) < 4.78 is 0. The highest BCUT2D eigenvalue weighted by Crippen LogP contribution is 2.07. The van der Waals surface area contributed by atoms with Gasteiger partial charge in [-0.25, -0.2) is 9.59 Å². The third-order valence-electron chi connectivity index (χ3n) is 1.39. The Kier molecular flexibility index (Phi) is 11.8. The van der Waals surface area contributed by atoms with Gasteiger partial charge in [0.05, 0.1) is 11.1 Å². The van der Waals surface area contributed by atoms with E-state index in [4.69, 9.17) is 21.7 Å². The molecule has 0 radical (unpaired) electrons. The standard InChI is InChI=1S/C8H6O4.2C2H7N/c9-7(10)5-3-1-2-4-6(5)8(11)12;2*1-2-3/h1-4H,(H,9,10)(H,11,12);2*2-3H2,1H3. The van der Waals surface area contributed by atoms with Gasteiger partial charge in [-0.1, -0.05) is 26.0 Å². The topological polar surface area (TPSA) is 127 Å². The van der Waals surface area contributed by atoms with Crippen molar-refractivity contribution in [3.05, 3.63) is 35.4 Å². The minimum atomic E-state index is -1.23. The molecule has 1 rings (SSSR count). The first-order valence-electron chi connectivity index (χ1n) is 5.41. The van der Waals surface area contributed by atoms with Gasteiger partial charge in [-0.15, -0.1) is 0 Å². The van der Waals surface area contributed by atoms with Crippen molar-refractivity contribution >= 4 is 11.9 Å². The summed E-state index contributed by atoms with van der Waals surface area (Å²) in [6.07, 6.45) is 0. The summed E-state index contributed by atoms with van der Waals surface area (Å²) in [6, 6.07) is 5.48. The molecule has 0 spiro atoms. The van der Waals surface area contributed by atoms with Crippen molar-refractivity contribution < 1.29 is 19.8 Å². The van der Waals surface area contributed by atoms with E-state index in [9.17, 15) is 9.59 Å². The van der Waals surface area contributed by atoms with E-state index in [1.807, 2.05) is 13.8 Å². The number of hydrogen-bond donors (Lipinski definition) is 4. The maximum atomic E-state index is 10.5. The van der Waals surface area contributed by atoms with E-state index < -0.39 is 11.9 Å². The second-order valence-electron chi connectivity index (χ2n) is 2.97. The Hall–Kier alpha value is -1.92. The highest BCUT2D eigenvalue weighted by Gasteiger charge is 2.13. The van der Waals surface area contributed by atoms with Crippen LogP contribution in [0.2, 0.25) is 0 Å². The molecule has 0 amide bonds. The van der Waals surface area contributed by atoms with Crippen LogP contribution in [0.15, 0.2) is 24.3 Å². The summed E-state index contributed by atoms with van der Waals surface area (Å²) in [5, 5.41) is 17.1. The zero-order chi connectivity index (χ0) is 14.6. The predicted molar refractivity (Wildman–Crippen MR) is 69.8 cm³/mol. The van der Waals surface area contributed by atoms with Gasteiger partial charge in [0.25, 0.3) is 0 Å². The summed E-state index contributed by atoms with van der Waals surface area (Å²) >= 11 is 0. The molecular weight excluding hydrogens is 236 g/mol. The minimum Gasteiger partial charge on any atom is -0.478 e. The van der Waals surface area contributed by atoms with Crippen LogP contribution in [0.25, 0.3) is 0 Å². The van der Waals surface area contributed by atoms with Gasteiger partial charge < -0.3 is 21.7 Å². The molecule has 0 atom stereocenters. The summed E-state index contributed by atoms with van der Waals surface area (Å²) in [5.41, 5.74) is 9.31. The molecule has 6 nitrogen and oxygen atoms in total. The van der Waals surface area contributed by atoms with Crippen LogP contribution in [0.4, 0.5) is 0 Å². The Morgan fingerprint density at radius 3 is 1.33 bits per heavy atom. The molecule has 0 aromatic heterocycles. The highest BCUT2D eigenvalue weighted by molar-refractivity contribution is 6.01. The Morgan fingerprint density at radius 2 is 1.17 bits per heavy atom. The molecule has 1 aromatic rings. The number of aromatic carboxylic acids is 2. The molecule has 0 saturated heterocycles. The lowest BCUT2D eigenvalue weighted by atomic mass is 10.1. The number of benzene rings is 1. The maximum Gasteiger partial charge on any atom is 0.336 e. The fourth-order valence-corrected chi connectivity index (χ4v) is 0.856. The molecule has 0 aliphatic carbocycles. The Labute approximate surface area is 106 Å². The lowest BCUT2D eigenvalue weighted by Gasteiger charge is -1.98. The van der Waals surface area contributed by atoms with Gasteiger partial charge in [0.15, 0.2) is 0 Å². The van der Waals surface area contributed by atoms with Crippen LogP contribution in [-0.2, 0) is 0 Å². The van der Waals surface area contributed by atoms with Crippen molar-refractivity contribution in [3.8, 4) is 0 Å². The van der Waals surface area contributed by atoms with Crippen molar-refractivity contribution in [2.75, 3.05) is 13.1 Å². The van der Waals surface area contributed by atoms with Gasteiger partial charge >= 0.3 is 11.9 Å². The van der Waals surface area contributed by atoms with Crippen molar-refractivity contribution in [2.45, 2.75) is 13.8 Å². The molecule has 0 fully saturated rings. The number of hydrogen-bond acceptors (Lipinski definition) is 4. The second-order valence-corrected chi connectivity index (χ2v) is 2.97. The molecule has 6 heteroatoms. The van der Waals surface area contributed by atoms with Crippen LogP contribution in [0.1, 0.15) is 34.6 Å². The number of nitrogens with two attached hydrogens (primary N) is 2. The van der Waals surface area contributed by atoms with Gasteiger partial charge in [0.2, 0.25) is 0 Å². The van der Waals surface area contributed by atoms with E-state index >= 15 is 0 Å². The molecule has 102 valence electrons. The van der Waals surface area contributed by atoms with E-state index in [0.29, 0.717) is 0 Å². The molecule has 0 unspecified atom stereocenters. The van der Waals surface area contributed by atoms with Crippen molar-refractivity contribution in [3.63, 3.8) is 0 Å². The van der Waals surface area contributed by atoms with E-state index in [1.54, 1.807) is 0 Å². The SMILES string of the molecule is CCN.CCN.O=C(O)c1ccccc1C(=O)O. The van der Waals surface area contributed by atoms with E-state index in [0.717, 1.165) is 13.1 Å². The molecular formula is C12H20N2O4. The molecule has 18 heavy (non-hydrogen) atoms. The first kappa shape index (κ1) is 18.4. The molecule has 0 aliphatic rings. The van der Waals surface area contributed by atoms with Crippen molar-refractivity contribution in [1.29, 1.82) is 0 Å². The van der Waals surface area contributed by atoms with Crippen LogP contribution in [0, 0.1) is 0 Å². The Morgan fingerprint density at radius 1 is 0.944 bits per heavy atom.